The normalized spacial score (nSPS) is 15.3. The molecule has 1 saturated heterocycles. The highest BCUT2D eigenvalue weighted by molar-refractivity contribution is 14.0. The Bertz CT molecular complexity index is 422. The summed E-state index contributed by atoms with van der Waals surface area (Å²) in [7, 11) is 2.11. The second-order valence-electron chi connectivity index (χ2n) is 6.64. The van der Waals surface area contributed by atoms with Crippen LogP contribution in [0.4, 0.5) is 0 Å². The molecule has 0 aromatic heterocycles. The van der Waals surface area contributed by atoms with Crippen molar-refractivity contribution in [1.82, 2.24) is 20.0 Å². The van der Waals surface area contributed by atoms with Gasteiger partial charge in [-0.05, 0) is 26.2 Å². The Kier molecular flexibility index (Phi) is 14.8. The zero-order valence-electron chi connectivity index (χ0n) is 16.9. The minimum atomic E-state index is 0. The van der Waals surface area contributed by atoms with Crippen molar-refractivity contribution in [2.45, 2.75) is 39.5 Å². The Morgan fingerprint density at radius 2 is 1.92 bits per heavy atom. The summed E-state index contributed by atoms with van der Waals surface area (Å²) >= 11 is 0. The van der Waals surface area contributed by atoms with Crippen LogP contribution in [-0.2, 0) is 4.79 Å². The maximum absolute atomic E-state index is 11.4. The maximum atomic E-state index is 11.4. The van der Waals surface area contributed by atoms with Crippen molar-refractivity contribution in [3.63, 3.8) is 0 Å². The molecule has 26 heavy (non-hydrogen) atoms. The van der Waals surface area contributed by atoms with Gasteiger partial charge < -0.3 is 15.1 Å². The first-order chi connectivity index (χ1) is 12.1. The number of unbranched alkanes of at least 4 members (excludes halogenated alkanes) is 3. The Morgan fingerprint density at radius 3 is 2.50 bits per heavy atom. The Labute approximate surface area is 177 Å². The summed E-state index contributed by atoms with van der Waals surface area (Å²) in [5.74, 6) is 1.18. The van der Waals surface area contributed by atoms with Gasteiger partial charge in [0.05, 0.1) is 6.54 Å². The van der Waals surface area contributed by atoms with E-state index < -0.39 is 0 Å². The summed E-state index contributed by atoms with van der Waals surface area (Å²) in [6, 6.07) is 0. The Morgan fingerprint density at radius 1 is 1.23 bits per heavy atom. The van der Waals surface area contributed by atoms with Crippen molar-refractivity contribution in [3.05, 3.63) is 12.7 Å². The number of nitrogens with zero attached hydrogens (tertiary/aromatic N) is 4. The van der Waals surface area contributed by atoms with E-state index >= 15 is 0 Å². The van der Waals surface area contributed by atoms with Crippen LogP contribution in [0.3, 0.4) is 0 Å². The number of piperazine rings is 1. The first-order valence-electron chi connectivity index (χ1n) is 9.66. The second-order valence-corrected chi connectivity index (χ2v) is 6.64. The third kappa shape index (κ3) is 10.4. The number of guanidine groups is 1. The maximum Gasteiger partial charge on any atom is 0.219 e. The van der Waals surface area contributed by atoms with Gasteiger partial charge >= 0.3 is 0 Å². The highest BCUT2D eigenvalue weighted by atomic mass is 127. The van der Waals surface area contributed by atoms with E-state index in [0.29, 0.717) is 0 Å². The first kappa shape index (κ1) is 25.2. The first-order valence-corrected chi connectivity index (χ1v) is 9.66. The number of hydrogen-bond donors (Lipinski definition) is 1. The smallest absolute Gasteiger partial charge is 0.219 e. The number of allylic oxidation sites excluding steroid dienone is 1. The molecule has 1 N–H and O–H groups in total. The zero-order chi connectivity index (χ0) is 18.5. The fourth-order valence-corrected chi connectivity index (χ4v) is 2.97. The topological polar surface area (TPSA) is 51.2 Å². The molecular weight excluding hydrogens is 441 g/mol. The monoisotopic (exact) mass is 479 g/mol. The molecule has 0 aromatic rings. The molecule has 0 saturated carbocycles. The minimum Gasteiger partial charge on any atom is -0.357 e. The van der Waals surface area contributed by atoms with Gasteiger partial charge in [0.15, 0.2) is 5.96 Å². The van der Waals surface area contributed by atoms with E-state index in [1.54, 1.807) is 6.92 Å². The molecule has 0 spiro atoms. The minimum absolute atomic E-state index is 0. The lowest BCUT2D eigenvalue weighted by Gasteiger charge is -2.33. The van der Waals surface area contributed by atoms with Gasteiger partial charge in [-0.15, -0.1) is 30.6 Å². The molecular formula is C19H38IN5O. The van der Waals surface area contributed by atoms with Gasteiger partial charge in [-0.2, -0.15) is 0 Å². The molecule has 1 aliphatic heterocycles. The van der Waals surface area contributed by atoms with Crippen LogP contribution in [0.2, 0.25) is 0 Å². The van der Waals surface area contributed by atoms with Gasteiger partial charge in [0, 0.05) is 59.8 Å². The van der Waals surface area contributed by atoms with E-state index in [1.165, 1.54) is 19.3 Å². The molecule has 1 heterocycles. The number of nitrogens with one attached hydrogen (secondary N) is 1. The molecule has 7 heteroatoms. The van der Waals surface area contributed by atoms with Crippen molar-refractivity contribution in [2.24, 2.45) is 4.99 Å². The lowest BCUT2D eigenvalue weighted by Crippen LogP contribution is -2.48. The quantitative estimate of drug-likeness (QED) is 0.172. The fourth-order valence-electron chi connectivity index (χ4n) is 2.97. The lowest BCUT2D eigenvalue weighted by atomic mass is 10.2. The van der Waals surface area contributed by atoms with Crippen LogP contribution >= 0.6 is 24.0 Å². The van der Waals surface area contributed by atoms with Crippen LogP contribution < -0.4 is 5.32 Å². The van der Waals surface area contributed by atoms with Gasteiger partial charge in [-0.25, -0.2) is 0 Å². The summed E-state index contributed by atoms with van der Waals surface area (Å²) in [6.07, 6.45) is 6.73. The predicted molar refractivity (Wildman–Crippen MR) is 121 cm³/mol. The number of carbonyl (C=O) groups excluding carboxylic acids is 1. The molecule has 0 unspecified atom stereocenters. The van der Waals surface area contributed by atoms with E-state index in [0.717, 1.165) is 64.7 Å². The van der Waals surface area contributed by atoms with Gasteiger partial charge in [0.2, 0.25) is 5.91 Å². The molecule has 152 valence electrons. The van der Waals surface area contributed by atoms with Crippen LogP contribution in [-0.4, -0.2) is 86.0 Å². The molecule has 1 aliphatic rings. The molecule has 0 bridgehead atoms. The van der Waals surface area contributed by atoms with Gasteiger partial charge in [0.1, 0.15) is 0 Å². The standard InChI is InChI=1S/C19H37N5O.HI/c1-5-7-8-9-10-12-22(4)19(20-6-2)21-11-13-23-14-16-24(17-15-23)18(3)25;/h5H,1,6-17H2,2-4H3,(H,20,21);1H. The number of rotatable bonds is 10. The highest BCUT2D eigenvalue weighted by Crippen LogP contribution is 2.03. The number of hydrogen-bond acceptors (Lipinski definition) is 3. The molecule has 6 nitrogen and oxygen atoms in total. The summed E-state index contributed by atoms with van der Waals surface area (Å²) in [4.78, 5) is 22.7. The van der Waals surface area contributed by atoms with E-state index in [2.05, 4.69) is 35.7 Å². The Balaban J connectivity index is 0.00000625. The molecule has 1 rings (SSSR count). The molecule has 1 amide bonds. The molecule has 1 fully saturated rings. The highest BCUT2D eigenvalue weighted by Gasteiger charge is 2.17. The average molecular weight is 479 g/mol. The molecule has 0 radical (unpaired) electrons. The van der Waals surface area contributed by atoms with Crippen molar-refractivity contribution < 1.29 is 4.79 Å². The summed E-state index contributed by atoms with van der Waals surface area (Å²) in [5.41, 5.74) is 0. The number of carbonyl (C=O) groups is 1. The summed E-state index contributed by atoms with van der Waals surface area (Å²) in [6.45, 7) is 14.8. The number of amides is 1. The van der Waals surface area contributed by atoms with E-state index in [4.69, 9.17) is 4.99 Å². The molecule has 0 atom stereocenters. The fraction of sp³-hybridized carbons (Fsp3) is 0.789. The van der Waals surface area contributed by atoms with Gasteiger partial charge in [-0.3, -0.25) is 14.7 Å². The van der Waals surface area contributed by atoms with Crippen LogP contribution in [0.15, 0.2) is 17.6 Å². The largest absolute Gasteiger partial charge is 0.357 e. The van der Waals surface area contributed by atoms with E-state index in [1.807, 2.05) is 11.0 Å². The predicted octanol–water partition coefficient (Wildman–Crippen LogP) is 2.41. The van der Waals surface area contributed by atoms with Crippen molar-refractivity contribution in [1.29, 1.82) is 0 Å². The van der Waals surface area contributed by atoms with Crippen LogP contribution in [0, 0.1) is 0 Å². The van der Waals surface area contributed by atoms with Crippen LogP contribution in [0.1, 0.15) is 39.5 Å². The van der Waals surface area contributed by atoms with Crippen LogP contribution in [0.5, 0.6) is 0 Å². The SMILES string of the molecule is C=CCCCCCN(C)C(=NCCN1CCN(C(C)=O)CC1)NCC.I. The third-order valence-electron chi connectivity index (χ3n) is 4.59. The van der Waals surface area contributed by atoms with Crippen molar-refractivity contribution in [3.8, 4) is 0 Å². The molecule has 0 aliphatic carbocycles. The Hall–Kier alpha value is -0.830. The zero-order valence-corrected chi connectivity index (χ0v) is 19.2. The summed E-state index contributed by atoms with van der Waals surface area (Å²) in [5, 5.41) is 3.38. The van der Waals surface area contributed by atoms with Gasteiger partial charge in [-0.1, -0.05) is 12.5 Å². The van der Waals surface area contributed by atoms with Gasteiger partial charge in [0.25, 0.3) is 0 Å². The third-order valence-corrected chi connectivity index (χ3v) is 4.59. The number of halogens is 1. The van der Waals surface area contributed by atoms with Crippen molar-refractivity contribution >= 4 is 35.8 Å². The van der Waals surface area contributed by atoms with E-state index in [-0.39, 0.29) is 29.9 Å². The average Bonchev–Trinajstić information content (AvgIpc) is 2.61. The van der Waals surface area contributed by atoms with Crippen molar-refractivity contribution in [2.75, 3.05) is 59.4 Å². The van der Waals surface area contributed by atoms with E-state index in [9.17, 15) is 4.79 Å². The van der Waals surface area contributed by atoms with Crippen LogP contribution in [0.25, 0.3) is 0 Å². The summed E-state index contributed by atoms with van der Waals surface area (Å²) < 4.78 is 0. The second kappa shape index (κ2) is 15.2. The number of aliphatic imine (C=N–C) groups is 1. The lowest BCUT2D eigenvalue weighted by molar-refractivity contribution is -0.130. The molecule has 0 aromatic carbocycles.